The number of hydrogen-bond acceptors (Lipinski definition) is 3. The summed E-state index contributed by atoms with van der Waals surface area (Å²) in [4.78, 5) is 2.33. The molecule has 0 aliphatic carbocycles. The van der Waals surface area contributed by atoms with E-state index in [1.54, 1.807) is 0 Å². The molecule has 0 amide bonds. The molecule has 2 atom stereocenters. The van der Waals surface area contributed by atoms with E-state index in [4.69, 9.17) is 5.11 Å². The minimum absolute atomic E-state index is 0.264. The van der Waals surface area contributed by atoms with Crippen LogP contribution in [0.4, 0.5) is 0 Å². The van der Waals surface area contributed by atoms with Gasteiger partial charge in [-0.3, -0.25) is 0 Å². The topological polar surface area (TPSA) is 35.5 Å². The highest BCUT2D eigenvalue weighted by atomic mass is 16.3. The van der Waals surface area contributed by atoms with Crippen LogP contribution in [-0.2, 0) is 0 Å². The smallest absolute Gasteiger partial charge is 0.0446 e. The second-order valence-electron chi connectivity index (χ2n) is 3.69. The van der Waals surface area contributed by atoms with Crippen molar-refractivity contribution in [1.29, 1.82) is 0 Å². The van der Waals surface area contributed by atoms with Crippen LogP contribution in [0.3, 0.4) is 0 Å². The van der Waals surface area contributed by atoms with Gasteiger partial charge in [0.25, 0.3) is 0 Å². The van der Waals surface area contributed by atoms with E-state index in [9.17, 15) is 0 Å². The van der Waals surface area contributed by atoms with E-state index in [0.717, 1.165) is 13.0 Å². The van der Waals surface area contributed by atoms with Crippen LogP contribution in [0.2, 0.25) is 0 Å². The zero-order valence-corrected chi connectivity index (χ0v) is 9.38. The highest BCUT2D eigenvalue weighted by Crippen LogP contribution is 2.02. The summed E-state index contributed by atoms with van der Waals surface area (Å²) in [6.45, 7) is 5.69. The van der Waals surface area contributed by atoms with Crippen LogP contribution in [0.25, 0.3) is 0 Å². The van der Waals surface area contributed by atoms with Crippen molar-refractivity contribution in [2.45, 2.75) is 38.8 Å². The molecule has 13 heavy (non-hydrogen) atoms. The predicted molar refractivity (Wildman–Crippen MR) is 56.9 cm³/mol. The molecule has 2 unspecified atom stereocenters. The van der Waals surface area contributed by atoms with E-state index >= 15 is 0 Å². The third-order valence-electron chi connectivity index (χ3n) is 2.74. The molecule has 0 rings (SSSR count). The number of hydrogen-bond donors (Lipinski definition) is 2. The summed E-state index contributed by atoms with van der Waals surface area (Å²) >= 11 is 0. The summed E-state index contributed by atoms with van der Waals surface area (Å²) in [6.07, 6.45) is 2.00. The number of rotatable bonds is 7. The second kappa shape index (κ2) is 7.30. The van der Waals surface area contributed by atoms with Crippen molar-refractivity contribution >= 4 is 0 Å². The fourth-order valence-electron chi connectivity index (χ4n) is 1.32. The normalized spacial score (nSPS) is 16.2. The van der Waals surface area contributed by atoms with Crippen LogP contribution in [0.5, 0.6) is 0 Å². The number of likely N-dealkylation sites (N-methyl/N-ethyl adjacent to an activating group) is 2. The third kappa shape index (κ3) is 5.24. The SMILES string of the molecule is CCC(C)N(C)CC(CCO)NC. The molecular weight excluding hydrogens is 164 g/mol. The Hall–Kier alpha value is -0.120. The first-order valence-electron chi connectivity index (χ1n) is 5.14. The Balaban J connectivity index is 3.78. The summed E-state index contributed by atoms with van der Waals surface area (Å²) < 4.78 is 0. The summed E-state index contributed by atoms with van der Waals surface area (Å²) in [5.74, 6) is 0. The molecule has 2 N–H and O–H groups in total. The molecule has 0 aliphatic rings. The van der Waals surface area contributed by atoms with Crippen LogP contribution < -0.4 is 5.32 Å². The van der Waals surface area contributed by atoms with Gasteiger partial charge in [-0.25, -0.2) is 0 Å². The highest BCUT2D eigenvalue weighted by Gasteiger charge is 2.12. The molecule has 0 aromatic rings. The lowest BCUT2D eigenvalue weighted by molar-refractivity contribution is 0.201. The summed E-state index contributed by atoms with van der Waals surface area (Å²) in [5.41, 5.74) is 0. The lowest BCUT2D eigenvalue weighted by Crippen LogP contribution is -2.41. The maximum absolute atomic E-state index is 8.82. The molecule has 0 aromatic heterocycles. The van der Waals surface area contributed by atoms with Gasteiger partial charge in [-0.15, -0.1) is 0 Å². The maximum atomic E-state index is 8.82. The van der Waals surface area contributed by atoms with Gasteiger partial charge < -0.3 is 15.3 Å². The Morgan fingerprint density at radius 1 is 1.46 bits per heavy atom. The molecule has 0 spiro atoms. The van der Waals surface area contributed by atoms with Crippen molar-refractivity contribution in [3.8, 4) is 0 Å². The minimum atomic E-state index is 0.264. The fourth-order valence-corrected chi connectivity index (χ4v) is 1.32. The van der Waals surface area contributed by atoms with Gasteiger partial charge in [0, 0.05) is 25.2 Å². The number of aliphatic hydroxyl groups is 1. The van der Waals surface area contributed by atoms with E-state index in [2.05, 4.69) is 31.1 Å². The Morgan fingerprint density at radius 3 is 2.46 bits per heavy atom. The Labute approximate surface area is 82.1 Å². The van der Waals surface area contributed by atoms with Crippen LogP contribution in [-0.4, -0.2) is 49.3 Å². The second-order valence-corrected chi connectivity index (χ2v) is 3.69. The quantitative estimate of drug-likeness (QED) is 0.617. The molecule has 0 saturated carbocycles. The average Bonchev–Trinajstić information content (AvgIpc) is 2.15. The zero-order valence-electron chi connectivity index (χ0n) is 9.38. The molecular formula is C10H24N2O. The van der Waals surface area contributed by atoms with Crippen LogP contribution in [0.15, 0.2) is 0 Å². The van der Waals surface area contributed by atoms with Gasteiger partial charge in [-0.05, 0) is 33.9 Å². The standard InChI is InChI=1S/C10H24N2O/c1-5-9(2)12(4)8-10(11-3)6-7-13/h9-11,13H,5-8H2,1-4H3. The Kier molecular flexibility index (Phi) is 7.23. The molecule has 0 aliphatic heterocycles. The average molecular weight is 188 g/mol. The lowest BCUT2D eigenvalue weighted by Gasteiger charge is -2.28. The lowest BCUT2D eigenvalue weighted by atomic mass is 10.1. The van der Waals surface area contributed by atoms with Crippen molar-refractivity contribution in [2.75, 3.05) is 27.2 Å². The predicted octanol–water partition coefficient (Wildman–Crippen LogP) is 0.687. The molecule has 0 saturated heterocycles. The molecule has 3 nitrogen and oxygen atoms in total. The molecule has 80 valence electrons. The number of nitrogens with one attached hydrogen (secondary N) is 1. The molecule has 0 fully saturated rings. The van der Waals surface area contributed by atoms with Crippen molar-refractivity contribution in [3.05, 3.63) is 0 Å². The van der Waals surface area contributed by atoms with Gasteiger partial charge in [0.1, 0.15) is 0 Å². The first kappa shape index (κ1) is 12.9. The minimum Gasteiger partial charge on any atom is -0.396 e. The van der Waals surface area contributed by atoms with Crippen molar-refractivity contribution in [1.82, 2.24) is 10.2 Å². The van der Waals surface area contributed by atoms with Crippen LogP contribution in [0.1, 0.15) is 26.7 Å². The molecule has 0 radical (unpaired) electrons. The van der Waals surface area contributed by atoms with Gasteiger partial charge in [0.05, 0.1) is 0 Å². The first-order chi connectivity index (χ1) is 6.15. The highest BCUT2D eigenvalue weighted by molar-refractivity contribution is 4.71. The van der Waals surface area contributed by atoms with Crippen molar-refractivity contribution < 1.29 is 5.11 Å². The molecule has 0 aromatic carbocycles. The van der Waals surface area contributed by atoms with Gasteiger partial charge in [-0.2, -0.15) is 0 Å². The molecule has 0 bridgehead atoms. The maximum Gasteiger partial charge on any atom is 0.0446 e. The van der Waals surface area contributed by atoms with E-state index in [1.807, 2.05) is 7.05 Å². The summed E-state index contributed by atoms with van der Waals surface area (Å²) in [7, 11) is 4.08. The van der Waals surface area contributed by atoms with E-state index in [1.165, 1.54) is 6.42 Å². The Morgan fingerprint density at radius 2 is 2.08 bits per heavy atom. The third-order valence-corrected chi connectivity index (χ3v) is 2.74. The van der Waals surface area contributed by atoms with Gasteiger partial charge in [0.15, 0.2) is 0 Å². The van der Waals surface area contributed by atoms with Crippen molar-refractivity contribution in [2.24, 2.45) is 0 Å². The van der Waals surface area contributed by atoms with E-state index < -0.39 is 0 Å². The van der Waals surface area contributed by atoms with E-state index in [0.29, 0.717) is 12.1 Å². The summed E-state index contributed by atoms with van der Waals surface area (Å²) in [6, 6.07) is 1.03. The van der Waals surface area contributed by atoms with Crippen LogP contribution in [0, 0.1) is 0 Å². The number of aliphatic hydroxyl groups excluding tert-OH is 1. The largest absolute Gasteiger partial charge is 0.396 e. The molecule has 3 heteroatoms. The fraction of sp³-hybridized carbons (Fsp3) is 1.00. The Bertz CT molecular complexity index is 119. The van der Waals surface area contributed by atoms with Gasteiger partial charge in [0.2, 0.25) is 0 Å². The number of nitrogens with zero attached hydrogens (tertiary/aromatic N) is 1. The van der Waals surface area contributed by atoms with E-state index in [-0.39, 0.29) is 6.61 Å². The zero-order chi connectivity index (χ0) is 10.3. The molecule has 0 heterocycles. The van der Waals surface area contributed by atoms with Gasteiger partial charge >= 0.3 is 0 Å². The van der Waals surface area contributed by atoms with Crippen molar-refractivity contribution in [3.63, 3.8) is 0 Å². The van der Waals surface area contributed by atoms with Crippen LogP contribution >= 0.6 is 0 Å². The van der Waals surface area contributed by atoms with Gasteiger partial charge in [-0.1, -0.05) is 6.92 Å². The summed E-state index contributed by atoms with van der Waals surface area (Å²) in [5, 5.41) is 12.0. The monoisotopic (exact) mass is 188 g/mol. The first-order valence-corrected chi connectivity index (χ1v) is 5.14.